The number of nitrogens with zero attached hydrogens (tertiary/aromatic N) is 3. The Bertz CT molecular complexity index is 1020. The molecular formula is C22H28N4O5S. The third kappa shape index (κ3) is 6.35. The molecule has 1 saturated heterocycles. The number of carbonyl (C=O) groups excluding carboxylic acids is 2. The van der Waals surface area contributed by atoms with E-state index in [2.05, 4.69) is 10.3 Å². The molecule has 2 amide bonds. The van der Waals surface area contributed by atoms with Crippen LogP contribution in [0.15, 0.2) is 53.7 Å². The lowest BCUT2D eigenvalue weighted by Crippen LogP contribution is -2.43. The van der Waals surface area contributed by atoms with Gasteiger partial charge in [0.15, 0.2) is 0 Å². The van der Waals surface area contributed by atoms with Crippen LogP contribution in [-0.2, 0) is 30.9 Å². The van der Waals surface area contributed by atoms with Crippen molar-refractivity contribution in [3.63, 3.8) is 0 Å². The largest absolute Gasteiger partial charge is 0.376 e. The van der Waals surface area contributed by atoms with Gasteiger partial charge in [-0.15, -0.1) is 0 Å². The fourth-order valence-corrected chi connectivity index (χ4v) is 4.59. The first-order valence-electron chi connectivity index (χ1n) is 10.4. The minimum absolute atomic E-state index is 0.0415. The lowest BCUT2D eigenvalue weighted by molar-refractivity contribution is -0.133. The minimum atomic E-state index is -3.88. The predicted octanol–water partition coefficient (Wildman–Crippen LogP) is 1.87. The maximum atomic E-state index is 13.1. The molecule has 1 aliphatic rings. The van der Waals surface area contributed by atoms with Gasteiger partial charge < -0.3 is 15.0 Å². The van der Waals surface area contributed by atoms with Gasteiger partial charge in [-0.3, -0.25) is 14.6 Å². The number of sulfonamides is 1. The summed E-state index contributed by atoms with van der Waals surface area (Å²) in [7, 11) is -2.51. The molecule has 32 heavy (non-hydrogen) atoms. The Hall–Kier alpha value is -2.82. The van der Waals surface area contributed by atoms with Crippen molar-refractivity contribution in [1.82, 2.24) is 14.2 Å². The molecule has 1 aliphatic heterocycles. The molecule has 1 aromatic carbocycles. The lowest BCUT2D eigenvalue weighted by Gasteiger charge is -2.27. The van der Waals surface area contributed by atoms with Crippen molar-refractivity contribution in [1.29, 1.82) is 0 Å². The number of amides is 2. The summed E-state index contributed by atoms with van der Waals surface area (Å²) in [5, 5.41) is 2.59. The average Bonchev–Trinajstić information content (AvgIpc) is 3.27. The predicted molar refractivity (Wildman–Crippen MR) is 119 cm³/mol. The van der Waals surface area contributed by atoms with Crippen molar-refractivity contribution in [3.05, 3.63) is 54.4 Å². The van der Waals surface area contributed by atoms with Crippen LogP contribution in [0.2, 0.25) is 0 Å². The summed E-state index contributed by atoms with van der Waals surface area (Å²) in [5.41, 5.74) is 1.35. The van der Waals surface area contributed by atoms with Crippen LogP contribution in [0, 0.1) is 0 Å². The molecule has 0 bridgehead atoms. The molecule has 1 atom stereocenters. The Morgan fingerprint density at radius 3 is 2.56 bits per heavy atom. The Morgan fingerprint density at radius 2 is 1.97 bits per heavy atom. The van der Waals surface area contributed by atoms with Crippen LogP contribution in [0.3, 0.4) is 0 Å². The van der Waals surface area contributed by atoms with E-state index in [0.717, 1.165) is 22.7 Å². The number of carbonyl (C=O) groups is 2. The molecule has 3 rings (SSSR count). The fourth-order valence-electron chi connectivity index (χ4n) is 3.47. The first-order chi connectivity index (χ1) is 15.3. The van der Waals surface area contributed by atoms with Crippen LogP contribution in [0.4, 0.5) is 5.69 Å². The Kier molecular flexibility index (Phi) is 7.94. The smallest absolute Gasteiger partial charge is 0.243 e. The van der Waals surface area contributed by atoms with Crippen molar-refractivity contribution >= 4 is 27.5 Å². The zero-order valence-electron chi connectivity index (χ0n) is 18.2. The molecule has 2 heterocycles. The number of hydrogen-bond donors (Lipinski definition) is 1. The topological polar surface area (TPSA) is 109 Å². The minimum Gasteiger partial charge on any atom is -0.376 e. The van der Waals surface area contributed by atoms with E-state index in [4.69, 9.17) is 4.74 Å². The summed E-state index contributed by atoms with van der Waals surface area (Å²) in [5.74, 6) is -0.562. The van der Waals surface area contributed by atoms with Gasteiger partial charge in [-0.1, -0.05) is 6.07 Å². The number of aromatic nitrogens is 1. The number of hydrogen-bond acceptors (Lipinski definition) is 6. The zero-order valence-corrected chi connectivity index (χ0v) is 19.0. The second-order valence-electron chi connectivity index (χ2n) is 7.74. The highest BCUT2D eigenvalue weighted by Gasteiger charge is 2.28. The highest BCUT2D eigenvalue weighted by Crippen LogP contribution is 2.19. The van der Waals surface area contributed by atoms with E-state index in [0.29, 0.717) is 25.4 Å². The van der Waals surface area contributed by atoms with Crippen molar-refractivity contribution in [2.24, 2.45) is 0 Å². The van der Waals surface area contributed by atoms with E-state index >= 15 is 0 Å². The molecule has 1 unspecified atom stereocenters. The molecule has 2 aromatic rings. The molecule has 0 aliphatic carbocycles. The van der Waals surface area contributed by atoms with Crippen molar-refractivity contribution in [2.45, 2.75) is 37.3 Å². The van der Waals surface area contributed by atoms with E-state index in [9.17, 15) is 18.0 Å². The first kappa shape index (κ1) is 23.8. The average molecular weight is 461 g/mol. The Balaban J connectivity index is 1.71. The second kappa shape index (κ2) is 10.7. The Morgan fingerprint density at radius 1 is 1.22 bits per heavy atom. The highest BCUT2D eigenvalue weighted by molar-refractivity contribution is 7.89. The number of nitrogens with one attached hydrogen (secondary N) is 1. The molecule has 0 radical (unpaired) electrons. The van der Waals surface area contributed by atoms with Crippen molar-refractivity contribution in [3.8, 4) is 0 Å². The quantitative estimate of drug-likeness (QED) is 0.612. The molecule has 0 spiro atoms. The Labute approximate surface area is 188 Å². The maximum absolute atomic E-state index is 13.1. The van der Waals surface area contributed by atoms with E-state index in [-0.39, 0.29) is 29.4 Å². The molecule has 172 valence electrons. The number of rotatable bonds is 9. The van der Waals surface area contributed by atoms with Crippen molar-refractivity contribution in [2.75, 3.05) is 32.1 Å². The van der Waals surface area contributed by atoms with Gasteiger partial charge in [0, 0.05) is 51.7 Å². The third-order valence-electron chi connectivity index (χ3n) is 5.14. The summed E-state index contributed by atoms with van der Waals surface area (Å²) >= 11 is 0. The monoisotopic (exact) mass is 460 g/mol. The van der Waals surface area contributed by atoms with Gasteiger partial charge in [0.05, 0.1) is 17.5 Å². The highest BCUT2D eigenvalue weighted by atomic mass is 32.2. The summed E-state index contributed by atoms with van der Waals surface area (Å²) in [6.07, 6.45) is 5.10. The summed E-state index contributed by atoms with van der Waals surface area (Å²) in [6, 6.07) is 9.50. The van der Waals surface area contributed by atoms with Gasteiger partial charge in [-0.05, 0) is 48.7 Å². The van der Waals surface area contributed by atoms with Crippen LogP contribution in [0.5, 0.6) is 0 Å². The van der Waals surface area contributed by atoms with E-state index in [1.807, 2.05) is 6.07 Å². The van der Waals surface area contributed by atoms with Gasteiger partial charge in [0.1, 0.15) is 0 Å². The van der Waals surface area contributed by atoms with E-state index in [1.165, 1.54) is 38.2 Å². The normalized spacial score (nSPS) is 16.2. The van der Waals surface area contributed by atoms with E-state index in [1.54, 1.807) is 23.4 Å². The molecule has 9 nitrogen and oxygen atoms in total. The molecular weight excluding hydrogens is 432 g/mol. The summed E-state index contributed by atoms with van der Waals surface area (Å²) in [4.78, 5) is 30.0. The van der Waals surface area contributed by atoms with Crippen molar-refractivity contribution < 1.29 is 22.7 Å². The molecule has 10 heteroatoms. The molecule has 1 N–H and O–H groups in total. The number of anilines is 1. The number of likely N-dealkylation sites (N-methyl/N-ethyl adjacent to an activating group) is 1. The third-order valence-corrected chi connectivity index (χ3v) is 6.96. The second-order valence-corrected chi connectivity index (χ2v) is 9.78. The van der Waals surface area contributed by atoms with Gasteiger partial charge in [-0.25, -0.2) is 8.42 Å². The standard InChI is InChI=1S/C22H28N4O5S/c1-17(27)24-19-7-9-21(10-8-19)32(29,30)25(2)16-22(28)26(15-20-6-4-12-31-20)14-18-5-3-11-23-13-18/h3,5,7-11,13,20H,4,6,12,14-16H2,1-2H3,(H,24,27). The van der Waals surface area contributed by atoms with E-state index < -0.39 is 10.0 Å². The molecule has 0 saturated carbocycles. The lowest BCUT2D eigenvalue weighted by atomic mass is 10.2. The van der Waals surface area contributed by atoms with Gasteiger partial charge in [0.25, 0.3) is 0 Å². The number of ether oxygens (including phenoxy) is 1. The van der Waals surface area contributed by atoms with Crippen LogP contribution in [0.25, 0.3) is 0 Å². The van der Waals surface area contributed by atoms with Crippen LogP contribution in [0.1, 0.15) is 25.3 Å². The first-order valence-corrected chi connectivity index (χ1v) is 11.8. The number of pyridine rings is 1. The van der Waals surface area contributed by atoms with Gasteiger partial charge in [-0.2, -0.15) is 4.31 Å². The fraction of sp³-hybridized carbons (Fsp3) is 0.409. The van der Waals surface area contributed by atoms with Gasteiger partial charge in [0.2, 0.25) is 21.8 Å². The van der Waals surface area contributed by atoms with Crippen LogP contribution < -0.4 is 5.32 Å². The van der Waals surface area contributed by atoms with Crippen LogP contribution >= 0.6 is 0 Å². The molecule has 1 fully saturated rings. The maximum Gasteiger partial charge on any atom is 0.243 e. The summed E-state index contributed by atoms with van der Waals surface area (Å²) in [6.45, 7) is 2.46. The summed E-state index contributed by atoms with van der Waals surface area (Å²) < 4.78 is 32.6. The molecule has 1 aromatic heterocycles. The van der Waals surface area contributed by atoms with Gasteiger partial charge >= 0.3 is 0 Å². The number of benzene rings is 1. The SMILES string of the molecule is CC(=O)Nc1ccc(S(=O)(=O)N(C)CC(=O)N(Cc2cccnc2)CC2CCCO2)cc1. The van der Waals surface area contributed by atoms with Crippen LogP contribution in [-0.4, -0.2) is 67.3 Å². The zero-order chi connectivity index (χ0) is 23.1.